The van der Waals surface area contributed by atoms with Gasteiger partial charge in [0.15, 0.2) is 0 Å². The van der Waals surface area contributed by atoms with Crippen LogP contribution in [0.5, 0.6) is 5.75 Å². The van der Waals surface area contributed by atoms with E-state index in [2.05, 4.69) is 5.32 Å². The number of aromatic nitrogens is 2. The number of methoxy groups -OCH3 is 1. The smallest absolute Gasteiger partial charge is 0.267 e. The summed E-state index contributed by atoms with van der Waals surface area (Å²) >= 11 is 0. The first kappa shape index (κ1) is 16.8. The van der Waals surface area contributed by atoms with Crippen molar-refractivity contribution in [3.8, 4) is 11.4 Å². The first-order valence-electron chi connectivity index (χ1n) is 8.65. The molecule has 3 aromatic carbocycles. The number of hydrogen-bond donors (Lipinski definition) is 1. The number of nitrogens with zero attached hydrogens (tertiary/aromatic N) is 2. The van der Waals surface area contributed by atoms with E-state index in [9.17, 15) is 4.79 Å². The Labute approximate surface area is 156 Å². The SMILES string of the molecule is COc1ccc(Nc2nc3ccccc3c(=O)n2-c2ccc(C)cc2)cc1. The number of benzene rings is 3. The summed E-state index contributed by atoms with van der Waals surface area (Å²) in [7, 11) is 1.63. The van der Waals surface area contributed by atoms with Gasteiger partial charge in [-0.15, -0.1) is 0 Å². The van der Waals surface area contributed by atoms with Crippen molar-refractivity contribution in [3.05, 3.63) is 88.7 Å². The molecule has 0 aliphatic rings. The molecule has 134 valence electrons. The minimum absolute atomic E-state index is 0.111. The van der Waals surface area contributed by atoms with Crippen LogP contribution in [0.2, 0.25) is 0 Å². The molecule has 1 heterocycles. The van der Waals surface area contributed by atoms with Gasteiger partial charge >= 0.3 is 0 Å². The summed E-state index contributed by atoms with van der Waals surface area (Å²) in [5.41, 5.74) is 3.26. The van der Waals surface area contributed by atoms with E-state index >= 15 is 0 Å². The van der Waals surface area contributed by atoms with E-state index in [1.165, 1.54) is 0 Å². The van der Waals surface area contributed by atoms with Crippen molar-refractivity contribution in [1.82, 2.24) is 9.55 Å². The zero-order valence-electron chi connectivity index (χ0n) is 15.1. The number of nitrogens with one attached hydrogen (secondary N) is 1. The van der Waals surface area contributed by atoms with Crippen LogP contribution < -0.4 is 15.6 Å². The molecule has 1 aromatic heterocycles. The lowest BCUT2D eigenvalue weighted by molar-refractivity contribution is 0.415. The molecule has 0 aliphatic carbocycles. The van der Waals surface area contributed by atoms with Gasteiger partial charge in [-0.1, -0.05) is 29.8 Å². The lowest BCUT2D eigenvalue weighted by Gasteiger charge is -2.15. The van der Waals surface area contributed by atoms with E-state index in [0.717, 1.165) is 22.7 Å². The van der Waals surface area contributed by atoms with Gasteiger partial charge in [-0.25, -0.2) is 9.55 Å². The Morgan fingerprint density at radius 1 is 0.926 bits per heavy atom. The van der Waals surface area contributed by atoms with E-state index in [0.29, 0.717) is 16.9 Å². The highest BCUT2D eigenvalue weighted by molar-refractivity contribution is 5.80. The molecule has 4 aromatic rings. The molecule has 27 heavy (non-hydrogen) atoms. The highest BCUT2D eigenvalue weighted by Crippen LogP contribution is 2.22. The Morgan fingerprint density at radius 2 is 1.63 bits per heavy atom. The van der Waals surface area contributed by atoms with Crippen LogP contribution in [0.15, 0.2) is 77.6 Å². The zero-order valence-corrected chi connectivity index (χ0v) is 15.1. The van der Waals surface area contributed by atoms with E-state index in [1.54, 1.807) is 17.7 Å². The van der Waals surface area contributed by atoms with Gasteiger partial charge in [0.1, 0.15) is 5.75 Å². The molecule has 0 radical (unpaired) electrons. The fourth-order valence-electron chi connectivity index (χ4n) is 2.95. The summed E-state index contributed by atoms with van der Waals surface area (Å²) in [6.07, 6.45) is 0. The van der Waals surface area contributed by atoms with Crippen LogP contribution in [0.4, 0.5) is 11.6 Å². The lowest BCUT2D eigenvalue weighted by atomic mass is 10.2. The number of anilines is 2. The molecule has 4 rings (SSSR count). The molecule has 0 amide bonds. The van der Waals surface area contributed by atoms with E-state index in [-0.39, 0.29) is 5.56 Å². The van der Waals surface area contributed by atoms with Gasteiger partial charge in [-0.2, -0.15) is 0 Å². The van der Waals surface area contributed by atoms with Crippen molar-refractivity contribution in [2.75, 3.05) is 12.4 Å². The number of fused-ring (bicyclic) bond motifs is 1. The number of aryl methyl sites for hydroxylation is 1. The Kier molecular flexibility index (Phi) is 4.34. The predicted molar refractivity (Wildman–Crippen MR) is 108 cm³/mol. The Hall–Kier alpha value is -3.60. The van der Waals surface area contributed by atoms with Gasteiger partial charge in [0.05, 0.1) is 23.7 Å². The third-order valence-electron chi connectivity index (χ3n) is 4.41. The average Bonchev–Trinajstić information content (AvgIpc) is 2.70. The number of hydrogen-bond acceptors (Lipinski definition) is 4. The summed E-state index contributed by atoms with van der Waals surface area (Å²) in [6.45, 7) is 2.02. The van der Waals surface area contributed by atoms with Crippen LogP contribution in [0.3, 0.4) is 0 Å². The first-order chi connectivity index (χ1) is 13.2. The number of para-hydroxylation sites is 1. The number of rotatable bonds is 4. The molecule has 0 fully saturated rings. The van der Waals surface area contributed by atoms with Crippen LogP contribution in [0, 0.1) is 6.92 Å². The maximum absolute atomic E-state index is 13.2. The van der Waals surface area contributed by atoms with Crippen LogP contribution in [0.1, 0.15) is 5.56 Å². The largest absolute Gasteiger partial charge is 0.497 e. The van der Waals surface area contributed by atoms with Gasteiger partial charge in [-0.05, 0) is 55.5 Å². The molecule has 0 saturated carbocycles. The Balaban J connectivity index is 1.90. The molecular weight excluding hydrogens is 338 g/mol. The molecule has 0 aliphatic heterocycles. The van der Waals surface area contributed by atoms with E-state index in [4.69, 9.17) is 9.72 Å². The highest BCUT2D eigenvalue weighted by Gasteiger charge is 2.13. The predicted octanol–water partition coefficient (Wildman–Crippen LogP) is 4.45. The van der Waals surface area contributed by atoms with Crippen molar-refractivity contribution in [2.45, 2.75) is 6.92 Å². The molecule has 0 unspecified atom stereocenters. The monoisotopic (exact) mass is 357 g/mol. The Morgan fingerprint density at radius 3 is 2.33 bits per heavy atom. The minimum atomic E-state index is -0.111. The molecule has 0 saturated heterocycles. The first-order valence-corrected chi connectivity index (χ1v) is 8.65. The molecule has 0 atom stereocenters. The number of ether oxygens (including phenoxy) is 1. The molecular formula is C22H19N3O2. The molecule has 5 nitrogen and oxygen atoms in total. The van der Waals surface area contributed by atoms with Crippen LogP contribution >= 0.6 is 0 Å². The summed E-state index contributed by atoms with van der Waals surface area (Å²) in [6, 6.07) is 22.7. The maximum Gasteiger partial charge on any atom is 0.267 e. The van der Waals surface area contributed by atoms with Crippen LogP contribution in [-0.2, 0) is 0 Å². The summed E-state index contributed by atoms with van der Waals surface area (Å²) in [5, 5.41) is 3.85. The quantitative estimate of drug-likeness (QED) is 0.586. The van der Waals surface area contributed by atoms with Gasteiger partial charge in [-0.3, -0.25) is 4.79 Å². The maximum atomic E-state index is 13.2. The molecule has 0 spiro atoms. The second kappa shape index (κ2) is 6.96. The van der Waals surface area contributed by atoms with Gasteiger partial charge < -0.3 is 10.1 Å². The zero-order chi connectivity index (χ0) is 18.8. The Bertz CT molecular complexity index is 1150. The molecule has 5 heteroatoms. The van der Waals surface area contributed by atoms with Crippen molar-refractivity contribution >= 4 is 22.5 Å². The van der Waals surface area contributed by atoms with Gasteiger partial charge in [0.2, 0.25) is 5.95 Å². The average molecular weight is 357 g/mol. The third kappa shape index (κ3) is 3.27. The summed E-state index contributed by atoms with van der Waals surface area (Å²) in [5.74, 6) is 1.23. The normalized spacial score (nSPS) is 10.7. The van der Waals surface area contributed by atoms with Crippen molar-refractivity contribution in [1.29, 1.82) is 0 Å². The van der Waals surface area contributed by atoms with Crippen molar-refractivity contribution in [2.24, 2.45) is 0 Å². The van der Waals surface area contributed by atoms with E-state index < -0.39 is 0 Å². The summed E-state index contributed by atoms with van der Waals surface area (Å²) < 4.78 is 6.80. The van der Waals surface area contributed by atoms with Crippen molar-refractivity contribution in [3.63, 3.8) is 0 Å². The highest BCUT2D eigenvalue weighted by atomic mass is 16.5. The fourth-order valence-corrected chi connectivity index (χ4v) is 2.95. The lowest BCUT2D eigenvalue weighted by Crippen LogP contribution is -2.22. The molecule has 0 bridgehead atoms. The van der Waals surface area contributed by atoms with E-state index in [1.807, 2.05) is 73.7 Å². The van der Waals surface area contributed by atoms with Crippen LogP contribution in [0.25, 0.3) is 16.6 Å². The van der Waals surface area contributed by atoms with Gasteiger partial charge in [0, 0.05) is 5.69 Å². The fraction of sp³-hybridized carbons (Fsp3) is 0.0909. The third-order valence-corrected chi connectivity index (χ3v) is 4.41. The second-order valence-corrected chi connectivity index (χ2v) is 6.28. The van der Waals surface area contributed by atoms with Crippen LogP contribution in [-0.4, -0.2) is 16.7 Å². The topological polar surface area (TPSA) is 56.1 Å². The summed E-state index contributed by atoms with van der Waals surface area (Å²) in [4.78, 5) is 17.9. The van der Waals surface area contributed by atoms with Gasteiger partial charge in [0.25, 0.3) is 5.56 Å². The second-order valence-electron chi connectivity index (χ2n) is 6.28. The van der Waals surface area contributed by atoms with Crippen molar-refractivity contribution < 1.29 is 4.74 Å². The minimum Gasteiger partial charge on any atom is -0.497 e. The standard InChI is InChI=1S/C22H19N3O2/c1-15-7-11-17(12-8-15)25-21(26)19-5-3-4-6-20(19)24-22(25)23-16-9-13-18(27-2)14-10-16/h3-14H,1-2H3,(H,23,24). The molecule has 1 N–H and O–H groups in total.